The minimum atomic E-state index is -0.799. The zero-order valence-corrected chi connectivity index (χ0v) is 19.9. The Labute approximate surface area is 201 Å². The number of carbonyl (C=O) groups excluding carboxylic acids is 2. The topological polar surface area (TPSA) is 70.2 Å². The molecule has 1 aliphatic rings. The highest BCUT2D eigenvalue weighted by atomic mass is 35.5. The number of benzene rings is 2. The lowest BCUT2D eigenvalue weighted by atomic mass is 9.94. The summed E-state index contributed by atoms with van der Waals surface area (Å²) in [4.78, 5) is 26.2. The Morgan fingerprint density at radius 1 is 0.968 bits per heavy atom. The fourth-order valence-electron chi connectivity index (χ4n) is 3.47. The standard InChI is InChI=1S/C22H23Cl4N3O2/c1-27-8-9-28-20(30)19(10-13-2-3-14(23)11-17(13)25)29-21(31)22(6-7-22)16-5-4-15(24)12-18(16)26/h2-5,11-12,19,27H,6-10H2,1H3,(H,28,30)(H,29,31)/t19-/m0/s1. The highest BCUT2D eigenvalue weighted by Crippen LogP contribution is 2.51. The molecule has 0 bridgehead atoms. The van der Waals surface area contributed by atoms with Crippen LogP contribution < -0.4 is 16.0 Å². The summed E-state index contributed by atoms with van der Waals surface area (Å²) in [7, 11) is 1.80. The van der Waals surface area contributed by atoms with E-state index in [1.54, 1.807) is 43.4 Å². The Morgan fingerprint density at radius 2 is 1.61 bits per heavy atom. The van der Waals surface area contributed by atoms with Crippen molar-refractivity contribution in [2.75, 3.05) is 20.1 Å². The summed E-state index contributed by atoms with van der Waals surface area (Å²) < 4.78 is 0. The average Bonchev–Trinajstić information content (AvgIpc) is 3.51. The molecule has 0 saturated heterocycles. The molecule has 1 fully saturated rings. The van der Waals surface area contributed by atoms with Crippen molar-refractivity contribution in [2.45, 2.75) is 30.7 Å². The van der Waals surface area contributed by atoms with E-state index in [9.17, 15) is 9.59 Å². The van der Waals surface area contributed by atoms with Crippen LogP contribution in [0, 0.1) is 0 Å². The number of rotatable bonds is 9. The molecule has 3 rings (SSSR count). The zero-order chi connectivity index (χ0) is 22.6. The molecule has 0 radical (unpaired) electrons. The first kappa shape index (κ1) is 24.1. The van der Waals surface area contributed by atoms with E-state index < -0.39 is 11.5 Å². The Balaban J connectivity index is 1.81. The van der Waals surface area contributed by atoms with E-state index in [1.165, 1.54) is 0 Å². The van der Waals surface area contributed by atoms with Gasteiger partial charge in [0.2, 0.25) is 11.8 Å². The van der Waals surface area contributed by atoms with Crippen LogP contribution >= 0.6 is 46.4 Å². The second kappa shape index (κ2) is 10.4. The number of hydrogen-bond donors (Lipinski definition) is 3. The van der Waals surface area contributed by atoms with Crippen molar-refractivity contribution in [3.63, 3.8) is 0 Å². The first-order valence-corrected chi connectivity index (χ1v) is 11.4. The summed E-state index contributed by atoms with van der Waals surface area (Å²) in [5, 5.41) is 10.6. The molecule has 2 amide bonds. The van der Waals surface area contributed by atoms with E-state index in [0.29, 0.717) is 46.0 Å². The molecule has 0 aromatic heterocycles. The van der Waals surface area contributed by atoms with Crippen molar-refractivity contribution in [3.05, 3.63) is 67.6 Å². The smallest absolute Gasteiger partial charge is 0.242 e. The predicted octanol–water partition coefficient (Wildman–Crippen LogP) is 4.39. The van der Waals surface area contributed by atoms with Gasteiger partial charge >= 0.3 is 0 Å². The summed E-state index contributed by atoms with van der Waals surface area (Å²) in [5.41, 5.74) is 0.680. The summed E-state index contributed by atoms with van der Waals surface area (Å²) in [6.45, 7) is 1.04. The molecule has 2 aromatic carbocycles. The van der Waals surface area contributed by atoms with Crippen LogP contribution in [0.15, 0.2) is 36.4 Å². The van der Waals surface area contributed by atoms with Crippen molar-refractivity contribution in [1.82, 2.24) is 16.0 Å². The molecule has 0 unspecified atom stereocenters. The molecular weight excluding hydrogens is 480 g/mol. The normalized spacial score (nSPS) is 15.3. The number of hydrogen-bond acceptors (Lipinski definition) is 3. The predicted molar refractivity (Wildman–Crippen MR) is 126 cm³/mol. The van der Waals surface area contributed by atoms with Crippen molar-refractivity contribution in [2.24, 2.45) is 0 Å². The third-order valence-electron chi connectivity index (χ3n) is 5.37. The third-order valence-corrected chi connectivity index (χ3v) is 6.50. The average molecular weight is 503 g/mol. The van der Waals surface area contributed by atoms with Gasteiger partial charge in [-0.05, 0) is 55.3 Å². The van der Waals surface area contributed by atoms with E-state index in [0.717, 1.165) is 11.1 Å². The van der Waals surface area contributed by atoms with Gasteiger partial charge in [-0.2, -0.15) is 0 Å². The van der Waals surface area contributed by atoms with Gasteiger partial charge in [0.1, 0.15) is 6.04 Å². The molecule has 1 aliphatic carbocycles. The van der Waals surface area contributed by atoms with Gasteiger partial charge in [-0.25, -0.2) is 0 Å². The van der Waals surface area contributed by atoms with Crippen LogP contribution in [0.4, 0.5) is 0 Å². The lowest BCUT2D eigenvalue weighted by Gasteiger charge is -2.23. The molecule has 5 nitrogen and oxygen atoms in total. The van der Waals surface area contributed by atoms with Crippen molar-refractivity contribution < 1.29 is 9.59 Å². The second-order valence-corrected chi connectivity index (χ2v) is 9.25. The van der Waals surface area contributed by atoms with Crippen LogP contribution in [0.5, 0.6) is 0 Å². The SMILES string of the molecule is CNCCNC(=O)[C@H](Cc1ccc(Cl)cc1Cl)NC(=O)C1(c2ccc(Cl)cc2Cl)CC1. The fraction of sp³-hybridized carbons (Fsp3) is 0.364. The monoisotopic (exact) mass is 501 g/mol. The van der Waals surface area contributed by atoms with Crippen molar-refractivity contribution >= 4 is 58.2 Å². The van der Waals surface area contributed by atoms with Gasteiger partial charge in [-0.1, -0.05) is 58.5 Å². The van der Waals surface area contributed by atoms with Crippen molar-refractivity contribution in [3.8, 4) is 0 Å². The van der Waals surface area contributed by atoms with Gasteiger partial charge in [0.15, 0.2) is 0 Å². The highest BCUT2D eigenvalue weighted by Gasteiger charge is 2.53. The van der Waals surface area contributed by atoms with Crippen molar-refractivity contribution in [1.29, 1.82) is 0 Å². The van der Waals surface area contributed by atoms with Gasteiger partial charge in [-0.15, -0.1) is 0 Å². The Morgan fingerprint density at radius 3 is 2.19 bits per heavy atom. The Hall–Kier alpha value is -1.50. The van der Waals surface area contributed by atoms with E-state index >= 15 is 0 Å². The summed E-state index contributed by atoms with van der Waals surface area (Å²) in [6.07, 6.45) is 1.53. The largest absolute Gasteiger partial charge is 0.353 e. The summed E-state index contributed by atoms with van der Waals surface area (Å²) >= 11 is 24.7. The molecular formula is C22H23Cl4N3O2. The van der Waals surface area contributed by atoms with Crippen LogP contribution in [0.25, 0.3) is 0 Å². The lowest BCUT2D eigenvalue weighted by molar-refractivity contribution is -0.130. The second-order valence-electron chi connectivity index (χ2n) is 7.57. The van der Waals surface area contributed by atoms with Gasteiger partial charge < -0.3 is 16.0 Å². The Bertz CT molecular complexity index is 979. The molecule has 0 heterocycles. The van der Waals surface area contributed by atoms with Gasteiger partial charge in [0, 0.05) is 39.6 Å². The van der Waals surface area contributed by atoms with Crippen LogP contribution in [-0.4, -0.2) is 38.0 Å². The number of likely N-dealkylation sites (N-methyl/N-ethyl adjacent to an activating group) is 1. The quantitative estimate of drug-likeness (QED) is 0.445. The first-order valence-electron chi connectivity index (χ1n) is 9.89. The summed E-state index contributed by atoms with van der Waals surface area (Å²) in [6, 6.07) is 9.39. The maximum absolute atomic E-state index is 13.3. The molecule has 0 aliphatic heterocycles. The molecule has 9 heteroatoms. The molecule has 166 valence electrons. The highest BCUT2D eigenvalue weighted by molar-refractivity contribution is 6.35. The lowest BCUT2D eigenvalue weighted by Crippen LogP contribution is -2.51. The van der Waals surface area contributed by atoms with E-state index in [-0.39, 0.29) is 18.2 Å². The van der Waals surface area contributed by atoms with E-state index in [1.807, 2.05) is 0 Å². The summed E-state index contributed by atoms with van der Waals surface area (Å²) in [5.74, 6) is -0.525. The Kier molecular flexibility index (Phi) is 8.11. The molecule has 1 atom stereocenters. The van der Waals surface area contributed by atoms with E-state index in [2.05, 4.69) is 16.0 Å². The molecule has 1 saturated carbocycles. The maximum Gasteiger partial charge on any atom is 0.242 e. The van der Waals surface area contributed by atoms with Crippen LogP contribution in [0.3, 0.4) is 0 Å². The first-order chi connectivity index (χ1) is 14.8. The third kappa shape index (κ3) is 5.85. The number of halogens is 4. The van der Waals surface area contributed by atoms with Crippen LogP contribution in [0.2, 0.25) is 20.1 Å². The number of carbonyl (C=O) groups is 2. The minimum Gasteiger partial charge on any atom is -0.353 e. The zero-order valence-electron chi connectivity index (χ0n) is 16.9. The maximum atomic E-state index is 13.3. The molecule has 0 spiro atoms. The number of amides is 2. The fourth-order valence-corrected chi connectivity index (χ4v) is 4.54. The number of nitrogens with one attached hydrogen (secondary N) is 3. The molecule has 3 N–H and O–H groups in total. The van der Waals surface area contributed by atoms with Gasteiger partial charge in [0.05, 0.1) is 5.41 Å². The van der Waals surface area contributed by atoms with Crippen LogP contribution in [-0.2, 0) is 21.4 Å². The molecule has 31 heavy (non-hydrogen) atoms. The molecule has 2 aromatic rings. The van der Waals surface area contributed by atoms with Crippen LogP contribution in [0.1, 0.15) is 24.0 Å². The van der Waals surface area contributed by atoms with E-state index in [4.69, 9.17) is 46.4 Å². The minimum absolute atomic E-state index is 0.234. The van der Waals surface area contributed by atoms with Gasteiger partial charge in [-0.3, -0.25) is 9.59 Å². The van der Waals surface area contributed by atoms with Gasteiger partial charge in [0.25, 0.3) is 0 Å².